The second-order valence-corrected chi connectivity index (χ2v) is 7.74. The van der Waals surface area contributed by atoms with Gasteiger partial charge in [0.2, 0.25) is 11.8 Å². The lowest BCUT2D eigenvalue weighted by Crippen LogP contribution is -2.37. The third-order valence-corrected chi connectivity index (χ3v) is 5.85. The first-order valence-electron chi connectivity index (χ1n) is 10.7. The van der Waals surface area contributed by atoms with Crippen molar-refractivity contribution in [2.75, 3.05) is 45.4 Å². The molecule has 1 atom stereocenters. The van der Waals surface area contributed by atoms with Gasteiger partial charge in [-0.2, -0.15) is 0 Å². The molecule has 0 aromatic heterocycles. The number of anilines is 1. The lowest BCUT2D eigenvalue weighted by atomic mass is 10.1. The van der Waals surface area contributed by atoms with Crippen LogP contribution in [0.2, 0.25) is 0 Å². The van der Waals surface area contributed by atoms with E-state index >= 15 is 0 Å². The molecule has 4 rings (SSSR count). The maximum atomic E-state index is 13.4. The van der Waals surface area contributed by atoms with E-state index in [0.29, 0.717) is 61.5 Å². The third-order valence-electron chi connectivity index (χ3n) is 5.85. The predicted octanol–water partition coefficient (Wildman–Crippen LogP) is 2.88. The molecule has 0 aliphatic carbocycles. The Bertz CT molecular complexity index is 1010. The predicted molar refractivity (Wildman–Crippen MR) is 119 cm³/mol. The number of hydrogen-bond acceptors (Lipinski definition) is 6. The number of rotatable bonds is 7. The summed E-state index contributed by atoms with van der Waals surface area (Å²) in [7, 11) is 3.12. The van der Waals surface area contributed by atoms with E-state index in [0.717, 1.165) is 5.56 Å². The molecule has 1 fully saturated rings. The van der Waals surface area contributed by atoms with E-state index in [1.807, 2.05) is 25.1 Å². The Kier molecular flexibility index (Phi) is 6.39. The average Bonchev–Trinajstić information content (AvgIpc) is 3.22. The number of fused-ring (bicyclic) bond motifs is 1. The Balaban J connectivity index is 1.51. The van der Waals surface area contributed by atoms with E-state index in [9.17, 15) is 9.59 Å². The second kappa shape index (κ2) is 9.38. The average molecular weight is 440 g/mol. The number of hydrogen-bond donors (Lipinski definition) is 0. The fourth-order valence-electron chi connectivity index (χ4n) is 4.18. The molecule has 0 saturated carbocycles. The summed E-state index contributed by atoms with van der Waals surface area (Å²) in [6.07, 6.45) is 0.164. The normalized spacial score (nSPS) is 17.3. The summed E-state index contributed by atoms with van der Waals surface area (Å²) < 4.78 is 22.1. The van der Waals surface area contributed by atoms with Crippen LogP contribution < -0.4 is 23.8 Å². The zero-order valence-electron chi connectivity index (χ0n) is 18.6. The van der Waals surface area contributed by atoms with Crippen molar-refractivity contribution in [3.8, 4) is 23.0 Å². The third kappa shape index (κ3) is 4.17. The summed E-state index contributed by atoms with van der Waals surface area (Å²) in [4.78, 5) is 29.5. The molecule has 170 valence electrons. The first-order chi connectivity index (χ1) is 15.5. The van der Waals surface area contributed by atoms with Crippen molar-refractivity contribution in [3.05, 3.63) is 42.0 Å². The van der Waals surface area contributed by atoms with Crippen LogP contribution in [0, 0.1) is 5.92 Å². The van der Waals surface area contributed by atoms with Crippen LogP contribution in [-0.4, -0.2) is 57.2 Å². The lowest BCUT2D eigenvalue weighted by Gasteiger charge is -2.27. The SMILES string of the molecule is CCN(Cc1cccc2c1OCCO2)C(=O)C1CC(=O)N(c2ccc(OC)cc2OC)C1. The largest absolute Gasteiger partial charge is 0.497 e. The highest BCUT2D eigenvalue weighted by Gasteiger charge is 2.38. The van der Waals surface area contributed by atoms with Crippen molar-refractivity contribution in [2.45, 2.75) is 19.9 Å². The number of nitrogens with zero attached hydrogens (tertiary/aromatic N) is 2. The highest BCUT2D eigenvalue weighted by Crippen LogP contribution is 2.37. The van der Waals surface area contributed by atoms with Gasteiger partial charge in [-0.3, -0.25) is 9.59 Å². The van der Waals surface area contributed by atoms with Gasteiger partial charge in [0, 0.05) is 37.7 Å². The molecule has 2 aromatic carbocycles. The van der Waals surface area contributed by atoms with Crippen LogP contribution in [0.3, 0.4) is 0 Å². The fourth-order valence-corrected chi connectivity index (χ4v) is 4.18. The van der Waals surface area contributed by atoms with E-state index in [-0.39, 0.29) is 18.2 Å². The minimum Gasteiger partial charge on any atom is -0.497 e. The Hall–Kier alpha value is -3.42. The molecule has 8 heteroatoms. The molecule has 2 aliphatic rings. The van der Waals surface area contributed by atoms with Crippen LogP contribution in [0.1, 0.15) is 18.9 Å². The van der Waals surface area contributed by atoms with Gasteiger partial charge in [-0.05, 0) is 25.1 Å². The standard InChI is InChI=1S/C24H28N2O6/c1-4-25(14-16-6-5-7-20-23(16)32-11-10-31-20)24(28)17-12-22(27)26(15-17)19-9-8-18(29-2)13-21(19)30-3/h5-9,13,17H,4,10-12,14-15H2,1-3H3. The summed E-state index contributed by atoms with van der Waals surface area (Å²) in [6.45, 7) is 4.18. The Morgan fingerprint density at radius 3 is 2.72 bits per heavy atom. The van der Waals surface area contributed by atoms with Gasteiger partial charge in [0.1, 0.15) is 24.7 Å². The van der Waals surface area contributed by atoms with Gasteiger partial charge in [0.15, 0.2) is 11.5 Å². The molecule has 0 bridgehead atoms. The number of carbonyl (C=O) groups is 2. The van der Waals surface area contributed by atoms with Crippen molar-refractivity contribution in [3.63, 3.8) is 0 Å². The molecule has 2 amide bonds. The van der Waals surface area contributed by atoms with Gasteiger partial charge in [0.05, 0.1) is 25.8 Å². The highest BCUT2D eigenvalue weighted by molar-refractivity contribution is 6.01. The smallest absolute Gasteiger partial charge is 0.228 e. The minimum absolute atomic E-state index is 0.0508. The maximum absolute atomic E-state index is 13.4. The van der Waals surface area contributed by atoms with Crippen molar-refractivity contribution < 1.29 is 28.5 Å². The molecule has 32 heavy (non-hydrogen) atoms. The fraction of sp³-hybridized carbons (Fsp3) is 0.417. The van der Waals surface area contributed by atoms with Crippen LogP contribution in [0.25, 0.3) is 0 Å². The molecule has 0 radical (unpaired) electrons. The van der Waals surface area contributed by atoms with Crippen LogP contribution in [0.4, 0.5) is 5.69 Å². The second-order valence-electron chi connectivity index (χ2n) is 7.74. The van der Waals surface area contributed by atoms with Crippen LogP contribution in [0.15, 0.2) is 36.4 Å². The summed E-state index contributed by atoms with van der Waals surface area (Å²) in [5, 5.41) is 0. The van der Waals surface area contributed by atoms with Gasteiger partial charge in [-0.1, -0.05) is 12.1 Å². The first kappa shape index (κ1) is 21.8. The number of carbonyl (C=O) groups excluding carboxylic acids is 2. The monoisotopic (exact) mass is 440 g/mol. The van der Waals surface area contributed by atoms with Gasteiger partial charge < -0.3 is 28.7 Å². The van der Waals surface area contributed by atoms with Crippen molar-refractivity contribution in [1.82, 2.24) is 4.90 Å². The van der Waals surface area contributed by atoms with E-state index in [1.54, 1.807) is 42.2 Å². The molecule has 1 unspecified atom stereocenters. The van der Waals surface area contributed by atoms with Gasteiger partial charge >= 0.3 is 0 Å². The molecule has 2 heterocycles. The van der Waals surface area contributed by atoms with Crippen molar-refractivity contribution in [2.24, 2.45) is 5.92 Å². The Morgan fingerprint density at radius 1 is 1.16 bits per heavy atom. The topological polar surface area (TPSA) is 77.5 Å². The van der Waals surface area contributed by atoms with Gasteiger partial charge in [-0.25, -0.2) is 0 Å². The summed E-state index contributed by atoms with van der Waals surface area (Å²) in [5.41, 5.74) is 1.54. The van der Waals surface area contributed by atoms with Crippen LogP contribution in [-0.2, 0) is 16.1 Å². The molecule has 0 N–H and O–H groups in total. The Morgan fingerprint density at radius 2 is 1.97 bits per heavy atom. The van der Waals surface area contributed by atoms with E-state index < -0.39 is 5.92 Å². The number of ether oxygens (including phenoxy) is 4. The molecule has 1 saturated heterocycles. The maximum Gasteiger partial charge on any atom is 0.228 e. The Labute approximate surface area is 187 Å². The van der Waals surface area contributed by atoms with Gasteiger partial charge in [0.25, 0.3) is 0 Å². The van der Waals surface area contributed by atoms with E-state index in [2.05, 4.69) is 0 Å². The van der Waals surface area contributed by atoms with Gasteiger partial charge in [-0.15, -0.1) is 0 Å². The van der Waals surface area contributed by atoms with E-state index in [1.165, 1.54) is 0 Å². The molecule has 2 aliphatic heterocycles. The minimum atomic E-state index is -0.425. The van der Waals surface area contributed by atoms with Crippen LogP contribution in [0.5, 0.6) is 23.0 Å². The molecule has 0 spiro atoms. The zero-order chi connectivity index (χ0) is 22.7. The highest BCUT2D eigenvalue weighted by atomic mass is 16.6. The van der Waals surface area contributed by atoms with Crippen molar-refractivity contribution >= 4 is 17.5 Å². The molecular formula is C24H28N2O6. The number of methoxy groups -OCH3 is 2. The molecule has 8 nitrogen and oxygen atoms in total. The number of benzene rings is 2. The number of para-hydroxylation sites is 1. The number of amides is 2. The zero-order valence-corrected chi connectivity index (χ0v) is 18.6. The summed E-state index contributed by atoms with van der Waals surface area (Å²) in [6, 6.07) is 11.0. The first-order valence-corrected chi connectivity index (χ1v) is 10.7. The molecular weight excluding hydrogens is 412 g/mol. The summed E-state index contributed by atoms with van der Waals surface area (Å²) >= 11 is 0. The van der Waals surface area contributed by atoms with Crippen molar-refractivity contribution in [1.29, 1.82) is 0 Å². The van der Waals surface area contributed by atoms with E-state index in [4.69, 9.17) is 18.9 Å². The lowest BCUT2D eigenvalue weighted by molar-refractivity contribution is -0.136. The quantitative estimate of drug-likeness (QED) is 0.659. The summed E-state index contributed by atoms with van der Waals surface area (Å²) in [5.74, 6) is 1.99. The molecule has 2 aromatic rings. The van der Waals surface area contributed by atoms with Crippen LogP contribution >= 0.6 is 0 Å².